The Morgan fingerprint density at radius 3 is 2.88 bits per heavy atom. The third-order valence-electron chi connectivity index (χ3n) is 2.87. The van der Waals surface area contributed by atoms with E-state index in [0.29, 0.717) is 35.5 Å². The predicted molar refractivity (Wildman–Crippen MR) is 65.6 cm³/mol. The van der Waals surface area contributed by atoms with E-state index in [2.05, 4.69) is 5.32 Å². The number of benzene rings is 1. The Morgan fingerprint density at radius 1 is 1.35 bits per heavy atom. The summed E-state index contributed by atoms with van der Waals surface area (Å²) < 4.78 is 0. The van der Waals surface area contributed by atoms with E-state index in [1.807, 2.05) is 0 Å². The fraction of sp³-hybridized carbons (Fsp3) is 0.333. The summed E-state index contributed by atoms with van der Waals surface area (Å²) >= 11 is 6.06. The van der Waals surface area contributed by atoms with E-state index in [1.54, 1.807) is 18.2 Å². The molecule has 1 unspecified atom stereocenters. The van der Waals surface area contributed by atoms with Crippen LogP contribution in [0.25, 0.3) is 0 Å². The predicted octanol–water partition coefficient (Wildman–Crippen LogP) is 1.83. The van der Waals surface area contributed by atoms with Crippen LogP contribution in [0.3, 0.4) is 0 Å². The van der Waals surface area contributed by atoms with Crippen LogP contribution < -0.4 is 11.1 Å². The van der Waals surface area contributed by atoms with Crippen LogP contribution in [0.1, 0.15) is 30.7 Å². The molecule has 90 valence electrons. The van der Waals surface area contributed by atoms with Gasteiger partial charge < -0.3 is 5.73 Å². The van der Waals surface area contributed by atoms with Crippen LogP contribution in [-0.4, -0.2) is 11.8 Å². The number of halogens is 1. The molecule has 0 bridgehead atoms. The van der Waals surface area contributed by atoms with Gasteiger partial charge in [0.05, 0.1) is 5.92 Å². The molecule has 1 aliphatic rings. The molecule has 1 aromatic carbocycles. The van der Waals surface area contributed by atoms with Crippen molar-refractivity contribution in [1.82, 2.24) is 5.32 Å². The molecule has 2 rings (SSSR count). The summed E-state index contributed by atoms with van der Waals surface area (Å²) in [5, 5.41) is 2.87. The number of nitrogens with one attached hydrogen (secondary N) is 1. The molecule has 0 spiro atoms. The molecule has 17 heavy (non-hydrogen) atoms. The van der Waals surface area contributed by atoms with Crippen molar-refractivity contribution in [3.63, 3.8) is 0 Å². The molecule has 0 radical (unpaired) electrons. The molecule has 1 aromatic rings. The summed E-state index contributed by atoms with van der Waals surface area (Å²) in [6, 6.07) is 5.06. The molecule has 1 fully saturated rings. The molecule has 0 aliphatic carbocycles. The molecule has 1 aliphatic heterocycles. The zero-order chi connectivity index (χ0) is 12.4. The number of carbonyl (C=O) groups is 2. The van der Waals surface area contributed by atoms with Crippen molar-refractivity contribution in [2.24, 2.45) is 0 Å². The summed E-state index contributed by atoms with van der Waals surface area (Å²) in [6.07, 6.45) is 1.66. The molecule has 2 amide bonds. The van der Waals surface area contributed by atoms with Crippen molar-refractivity contribution in [2.45, 2.75) is 25.2 Å². The molecule has 4 nitrogen and oxygen atoms in total. The lowest BCUT2D eigenvalue weighted by Gasteiger charge is -2.15. The quantitative estimate of drug-likeness (QED) is 0.592. The molecule has 1 atom stereocenters. The van der Waals surface area contributed by atoms with E-state index in [9.17, 15) is 9.59 Å². The molecule has 3 N–H and O–H groups in total. The standard InChI is InChI=1S/C12H13ClN2O2/c13-10-5-4-7(14)6-9(10)8-2-1-3-11(16)15-12(8)17/h4-6,8H,1-3,14H2,(H,15,16,17). The van der Waals surface area contributed by atoms with Gasteiger partial charge in [-0.15, -0.1) is 0 Å². The minimum absolute atomic E-state index is 0.225. The van der Waals surface area contributed by atoms with Crippen molar-refractivity contribution in [2.75, 3.05) is 5.73 Å². The maximum absolute atomic E-state index is 11.9. The zero-order valence-corrected chi connectivity index (χ0v) is 9.96. The normalized spacial score (nSPS) is 20.9. The Bertz CT molecular complexity index is 474. The highest BCUT2D eigenvalue weighted by molar-refractivity contribution is 6.31. The lowest BCUT2D eigenvalue weighted by Crippen LogP contribution is -2.31. The molecule has 0 aromatic heterocycles. The molecular formula is C12H13ClN2O2. The van der Waals surface area contributed by atoms with Gasteiger partial charge in [0.1, 0.15) is 0 Å². The number of hydrogen-bond donors (Lipinski definition) is 2. The number of carbonyl (C=O) groups excluding carboxylic acids is 2. The maximum Gasteiger partial charge on any atom is 0.234 e. The van der Waals surface area contributed by atoms with Gasteiger partial charge in [-0.3, -0.25) is 14.9 Å². The summed E-state index contributed by atoms with van der Waals surface area (Å²) in [5.74, 6) is -0.907. The Labute approximate surface area is 104 Å². The van der Waals surface area contributed by atoms with Crippen LogP contribution in [0.2, 0.25) is 5.02 Å². The SMILES string of the molecule is Nc1ccc(Cl)c(C2CCCC(=O)NC2=O)c1. The summed E-state index contributed by atoms with van der Waals surface area (Å²) in [7, 11) is 0. The first-order chi connectivity index (χ1) is 8.08. The average molecular weight is 253 g/mol. The Hall–Kier alpha value is -1.55. The summed E-state index contributed by atoms with van der Waals surface area (Å²) in [6.45, 7) is 0. The topological polar surface area (TPSA) is 72.2 Å². The lowest BCUT2D eigenvalue weighted by molar-refractivity contribution is -0.130. The van der Waals surface area contributed by atoms with Crippen molar-refractivity contribution in [1.29, 1.82) is 0 Å². The van der Waals surface area contributed by atoms with Gasteiger partial charge in [0.15, 0.2) is 0 Å². The summed E-state index contributed by atoms with van der Waals surface area (Å²) in [4.78, 5) is 23.1. The van der Waals surface area contributed by atoms with Crippen molar-refractivity contribution < 1.29 is 9.59 Å². The Morgan fingerprint density at radius 2 is 2.12 bits per heavy atom. The number of nitrogen functional groups attached to an aromatic ring is 1. The molecular weight excluding hydrogens is 240 g/mol. The first-order valence-electron chi connectivity index (χ1n) is 5.46. The van der Waals surface area contributed by atoms with Crippen molar-refractivity contribution in [3.8, 4) is 0 Å². The number of imide groups is 1. The van der Waals surface area contributed by atoms with E-state index in [4.69, 9.17) is 17.3 Å². The number of amides is 2. The van der Waals surface area contributed by atoms with Crippen LogP contribution in [-0.2, 0) is 9.59 Å². The largest absolute Gasteiger partial charge is 0.399 e. The summed E-state index contributed by atoms with van der Waals surface area (Å²) in [5.41, 5.74) is 6.94. The maximum atomic E-state index is 11.9. The fourth-order valence-corrected chi connectivity index (χ4v) is 2.26. The molecule has 1 saturated heterocycles. The Balaban J connectivity index is 2.34. The first kappa shape index (κ1) is 11.9. The van der Waals surface area contributed by atoms with Gasteiger partial charge in [0, 0.05) is 17.1 Å². The molecule has 1 heterocycles. The Kier molecular flexibility index (Phi) is 3.33. The number of nitrogens with two attached hydrogens (primary N) is 1. The van der Waals surface area contributed by atoms with Gasteiger partial charge in [0.2, 0.25) is 11.8 Å². The fourth-order valence-electron chi connectivity index (χ4n) is 2.01. The lowest BCUT2D eigenvalue weighted by atomic mass is 9.93. The minimum atomic E-state index is -0.391. The van der Waals surface area contributed by atoms with Gasteiger partial charge >= 0.3 is 0 Å². The smallest absolute Gasteiger partial charge is 0.234 e. The number of rotatable bonds is 1. The van der Waals surface area contributed by atoms with E-state index in [0.717, 1.165) is 0 Å². The monoisotopic (exact) mass is 252 g/mol. The zero-order valence-electron chi connectivity index (χ0n) is 9.20. The van der Waals surface area contributed by atoms with Crippen LogP contribution in [0.4, 0.5) is 5.69 Å². The van der Waals surface area contributed by atoms with Crippen LogP contribution in [0.5, 0.6) is 0 Å². The first-order valence-corrected chi connectivity index (χ1v) is 5.84. The molecule has 5 heteroatoms. The highest BCUT2D eigenvalue weighted by atomic mass is 35.5. The van der Waals surface area contributed by atoms with Crippen molar-refractivity contribution >= 4 is 29.1 Å². The number of hydrogen-bond acceptors (Lipinski definition) is 3. The van der Waals surface area contributed by atoms with Crippen molar-refractivity contribution in [3.05, 3.63) is 28.8 Å². The van der Waals surface area contributed by atoms with E-state index in [1.165, 1.54) is 0 Å². The van der Waals surface area contributed by atoms with Gasteiger partial charge in [-0.05, 0) is 36.6 Å². The third-order valence-corrected chi connectivity index (χ3v) is 3.22. The average Bonchev–Trinajstić information content (AvgIpc) is 2.43. The van der Waals surface area contributed by atoms with Crippen LogP contribution in [0.15, 0.2) is 18.2 Å². The van der Waals surface area contributed by atoms with Crippen LogP contribution >= 0.6 is 11.6 Å². The van der Waals surface area contributed by atoms with E-state index in [-0.39, 0.29) is 11.8 Å². The highest BCUT2D eigenvalue weighted by Crippen LogP contribution is 2.31. The second kappa shape index (κ2) is 4.75. The van der Waals surface area contributed by atoms with Gasteiger partial charge in [-0.2, -0.15) is 0 Å². The van der Waals surface area contributed by atoms with Gasteiger partial charge in [0.25, 0.3) is 0 Å². The van der Waals surface area contributed by atoms with Gasteiger partial charge in [-0.25, -0.2) is 0 Å². The van der Waals surface area contributed by atoms with Gasteiger partial charge in [-0.1, -0.05) is 11.6 Å². The van der Waals surface area contributed by atoms with E-state index < -0.39 is 5.92 Å². The molecule has 0 saturated carbocycles. The van der Waals surface area contributed by atoms with E-state index >= 15 is 0 Å². The second-order valence-corrected chi connectivity index (χ2v) is 4.55. The highest BCUT2D eigenvalue weighted by Gasteiger charge is 2.27. The second-order valence-electron chi connectivity index (χ2n) is 4.14. The number of anilines is 1. The minimum Gasteiger partial charge on any atom is -0.399 e. The third kappa shape index (κ3) is 2.58. The van der Waals surface area contributed by atoms with Crippen LogP contribution in [0, 0.1) is 0 Å².